The van der Waals surface area contributed by atoms with E-state index in [4.69, 9.17) is 0 Å². The number of H-pyrrole nitrogens is 1. The molecule has 0 fully saturated rings. The molecule has 2 N–H and O–H groups in total. The van der Waals surface area contributed by atoms with E-state index < -0.39 is 0 Å². The van der Waals surface area contributed by atoms with Crippen LogP contribution in [0, 0.1) is 19.8 Å². The minimum Gasteiger partial charge on any atom is -0.358 e. The second kappa shape index (κ2) is 6.79. The Kier molecular flexibility index (Phi) is 5.05. The SMILES string of the molecule is CCCC(C)CC(=O)NCc1ccc2[nH]c(C)c(C)c2c1. The van der Waals surface area contributed by atoms with Crippen molar-refractivity contribution in [2.45, 2.75) is 53.5 Å². The first kappa shape index (κ1) is 15.6. The van der Waals surface area contributed by atoms with Crippen molar-refractivity contribution in [3.8, 4) is 0 Å². The predicted octanol–water partition coefficient (Wildman–Crippen LogP) is 4.23. The highest BCUT2D eigenvalue weighted by atomic mass is 16.1. The third-order valence-corrected chi connectivity index (χ3v) is 4.18. The third kappa shape index (κ3) is 3.87. The van der Waals surface area contributed by atoms with Gasteiger partial charge in [-0.3, -0.25) is 4.79 Å². The Bertz CT molecular complexity index is 627. The molecule has 0 aliphatic heterocycles. The number of aromatic amines is 1. The van der Waals surface area contributed by atoms with Gasteiger partial charge in [0.2, 0.25) is 5.91 Å². The average Bonchev–Trinajstić information content (AvgIpc) is 2.72. The van der Waals surface area contributed by atoms with Gasteiger partial charge in [0.15, 0.2) is 0 Å². The van der Waals surface area contributed by atoms with Gasteiger partial charge in [-0.25, -0.2) is 0 Å². The minimum atomic E-state index is 0.151. The maximum absolute atomic E-state index is 11.9. The van der Waals surface area contributed by atoms with Gasteiger partial charge in [-0.05, 0) is 43.0 Å². The van der Waals surface area contributed by atoms with E-state index in [0.29, 0.717) is 18.9 Å². The van der Waals surface area contributed by atoms with Crippen molar-refractivity contribution in [3.05, 3.63) is 35.0 Å². The van der Waals surface area contributed by atoms with Crippen LogP contribution in [-0.2, 0) is 11.3 Å². The van der Waals surface area contributed by atoms with E-state index in [0.717, 1.165) is 23.9 Å². The molecule has 2 aromatic rings. The van der Waals surface area contributed by atoms with E-state index in [1.807, 2.05) is 0 Å². The molecule has 0 bridgehead atoms. The second-order valence-electron chi connectivity index (χ2n) is 6.13. The summed E-state index contributed by atoms with van der Waals surface area (Å²) >= 11 is 0. The van der Waals surface area contributed by atoms with Crippen molar-refractivity contribution >= 4 is 16.8 Å². The fraction of sp³-hybridized carbons (Fsp3) is 0.500. The highest BCUT2D eigenvalue weighted by molar-refractivity contribution is 5.85. The number of carbonyl (C=O) groups excluding carboxylic acids is 1. The highest BCUT2D eigenvalue weighted by Crippen LogP contribution is 2.22. The zero-order valence-corrected chi connectivity index (χ0v) is 13.5. The molecular formula is C18H26N2O. The van der Waals surface area contributed by atoms with Gasteiger partial charge >= 0.3 is 0 Å². The van der Waals surface area contributed by atoms with Crippen molar-refractivity contribution in [2.75, 3.05) is 0 Å². The molecule has 2 rings (SSSR count). The van der Waals surface area contributed by atoms with Crippen LogP contribution < -0.4 is 5.32 Å². The normalized spacial score (nSPS) is 12.6. The van der Waals surface area contributed by atoms with Crippen LogP contribution in [0.1, 0.15) is 49.9 Å². The summed E-state index contributed by atoms with van der Waals surface area (Å²) in [5, 5.41) is 4.28. The summed E-state index contributed by atoms with van der Waals surface area (Å²) in [5.74, 6) is 0.616. The number of aromatic nitrogens is 1. The fourth-order valence-corrected chi connectivity index (χ4v) is 2.80. The summed E-state index contributed by atoms with van der Waals surface area (Å²) in [5.41, 5.74) is 4.81. The Morgan fingerprint density at radius 3 is 2.81 bits per heavy atom. The van der Waals surface area contributed by atoms with Gasteiger partial charge in [-0.15, -0.1) is 0 Å². The molecule has 21 heavy (non-hydrogen) atoms. The molecule has 3 nitrogen and oxygen atoms in total. The lowest BCUT2D eigenvalue weighted by Gasteiger charge is -2.10. The summed E-state index contributed by atoms with van der Waals surface area (Å²) in [7, 11) is 0. The van der Waals surface area contributed by atoms with E-state index in [-0.39, 0.29) is 5.91 Å². The van der Waals surface area contributed by atoms with Crippen LogP contribution in [0.25, 0.3) is 10.9 Å². The lowest BCUT2D eigenvalue weighted by Crippen LogP contribution is -2.24. The van der Waals surface area contributed by atoms with Gasteiger partial charge < -0.3 is 10.3 Å². The average molecular weight is 286 g/mol. The second-order valence-corrected chi connectivity index (χ2v) is 6.13. The first-order valence-electron chi connectivity index (χ1n) is 7.85. The number of nitrogens with one attached hydrogen (secondary N) is 2. The Labute approximate surface area is 127 Å². The van der Waals surface area contributed by atoms with Crippen molar-refractivity contribution in [3.63, 3.8) is 0 Å². The number of aryl methyl sites for hydroxylation is 2. The zero-order chi connectivity index (χ0) is 15.4. The largest absolute Gasteiger partial charge is 0.358 e. The predicted molar refractivity (Wildman–Crippen MR) is 88.3 cm³/mol. The maximum atomic E-state index is 11.9. The number of amides is 1. The molecule has 1 atom stereocenters. The first-order valence-corrected chi connectivity index (χ1v) is 7.85. The molecule has 0 aliphatic carbocycles. The molecule has 1 unspecified atom stereocenters. The maximum Gasteiger partial charge on any atom is 0.220 e. The Balaban J connectivity index is 1.97. The summed E-state index contributed by atoms with van der Waals surface area (Å²) in [4.78, 5) is 15.3. The number of rotatable bonds is 6. The molecule has 0 radical (unpaired) electrons. The molecule has 1 aromatic carbocycles. The Morgan fingerprint density at radius 2 is 2.10 bits per heavy atom. The molecule has 0 spiro atoms. The monoisotopic (exact) mass is 286 g/mol. The zero-order valence-electron chi connectivity index (χ0n) is 13.5. The molecule has 3 heteroatoms. The van der Waals surface area contributed by atoms with Crippen molar-refractivity contribution in [2.24, 2.45) is 5.92 Å². The van der Waals surface area contributed by atoms with Gasteiger partial charge in [0.05, 0.1) is 0 Å². The fourth-order valence-electron chi connectivity index (χ4n) is 2.80. The standard InChI is InChI=1S/C18H26N2O/c1-5-6-12(2)9-18(21)19-11-15-7-8-17-16(10-15)13(3)14(4)20-17/h7-8,10,12,20H,5-6,9,11H2,1-4H3,(H,19,21). The first-order chi connectivity index (χ1) is 10.0. The van der Waals surface area contributed by atoms with Gasteiger partial charge in [0, 0.05) is 29.6 Å². The lowest BCUT2D eigenvalue weighted by atomic mass is 10.0. The van der Waals surface area contributed by atoms with Crippen molar-refractivity contribution in [1.29, 1.82) is 0 Å². The van der Waals surface area contributed by atoms with E-state index in [9.17, 15) is 4.79 Å². The smallest absolute Gasteiger partial charge is 0.220 e. The van der Waals surface area contributed by atoms with Gasteiger partial charge in [0.25, 0.3) is 0 Å². The minimum absolute atomic E-state index is 0.151. The molecule has 1 aromatic heterocycles. The van der Waals surface area contributed by atoms with Crippen LogP contribution in [0.15, 0.2) is 18.2 Å². The van der Waals surface area contributed by atoms with Gasteiger partial charge in [-0.2, -0.15) is 0 Å². The van der Waals surface area contributed by atoms with Crippen molar-refractivity contribution < 1.29 is 4.79 Å². The van der Waals surface area contributed by atoms with Gasteiger partial charge in [-0.1, -0.05) is 32.8 Å². The molecular weight excluding hydrogens is 260 g/mol. The van der Waals surface area contributed by atoms with E-state index >= 15 is 0 Å². The number of fused-ring (bicyclic) bond motifs is 1. The molecule has 1 heterocycles. The summed E-state index contributed by atoms with van der Waals surface area (Å²) in [6, 6.07) is 6.34. The van der Waals surface area contributed by atoms with Crippen LogP contribution in [0.4, 0.5) is 0 Å². The topological polar surface area (TPSA) is 44.9 Å². The molecule has 0 aliphatic rings. The number of carbonyl (C=O) groups is 1. The molecule has 1 amide bonds. The summed E-state index contributed by atoms with van der Waals surface area (Å²) < 4.78 is 0. The Hall–Kier alpha value is -1.77. The van der Waals surface area contributed by atoms with E-state index in [2.05, 4.69) is 56.2 Å². The van der Waals surface area contributed by atoms with Gasteiger partial charge in [0.1, 0.15) is 0 Å². The summed E-state index contributed by atoms with van der Waals surface area (Å²) in [6.07, 6.45) is 2.87. The van der Waals surface area contributed by atoms with Crippen LogP contribution >= 0.6 is 0 Å². The van der Waals surface area contributed by atoms with E-state index in [1.165, 1.54) is 16.6 Å². The van der Waals surface area contributed by atoms with Crippen molar-refractivity contribution in [1.82, 2.24) is 10.3 Å². The van der Waals surface area contributed by atoms with Crippen LogP contribution in [0.2, 0.25) is 0 Å². The molecule has 0 saturated carbocycles. The van der Waals surface area contributed by atoms with Crippen LogP contribution in [0.5, 0.6) is 0 Å². The molecule has 114 valence electrons. The number of hydrogen-bond donors (Lipinski definition) is 2. The van der Waals surface area contributed by atoms with E-state index in [1.54, 1.807) is 0 Å². The van der Waals surface area contributed by atoms with Crippen LogP contribution in [0.3, 0.4) is 0 Å². The summed E-state index contributed by atoms with van der Waals surface area (Å²) in [6.45, 7) is 9.12. The third-order valence-electron chi connectivity index (χ3n) is 4.18. The highest BCUT2D eigenvalue weighted by Gasteiger charge is 2.09. The quantitative estimate of drug-likeness (QED) is 0.820. The van der Waals surface area contributed by atoms with Crippen LogP contribution in [-0.4, -0.2) is 10.9 Å². The molecule has 0 saturated heterocycles. The lowest BCUT2D eigenvalue weighted by molar-refractivity contribution is -0.122. The Morgan fingerprint density at radius 1 is 1.33 bits per heavy atom. The number of benzene rings is 1. The number of hydrogen-bond acceptors (Lipinski definition) is 1.